The van der Waals surface area contributed by atoms with E-state index < -0.39 is 5.79 Å². The van der Waals surface area contributed by atoms with Crippen LogP contribution in [0.5, 0.6) is 5.75 Å². The Morgan fingerprint density at radius 3 is 2.22 bits per heavy atom. The van der Waals surface area contributed by atoms with E-state index in [1.807, 2.05) is 27.0 Å². The number of rotatable bonds is 17. The van der Waals surface area contributed by atoms with Crippen LogP contribution in [0.1, 0.15) is 115 Å². The SMILES string of the molecule is CCCCCCCCCCCCCC(=O)OCC[N+](C)(C)Cc1cnc(C)c2c1COC(C)(C)O2.[Cl-]. The van der Waals surface area contributed by atoms with Gasteiger partial charge in [-0.3, -0.25) is 9.78 Å². The van der Waals surface area contributed by atoms with Crippen molar-refractivity contribution < 1.29 is 35.9 Å². The largest absolute Gasteiger partial charge is 1.00 e. The second kappa shape index (κ2) is 16.5. The number of fused-ring (bicyclic) bond motifs is 1. The van der Waals surface area contributed by atoms with Crippen LogP contribution in [0.2, 0.25) is 0 Å². The zero-order valence-electron chi connectivity index (χ0n) is 23.8. The molecule has 0 amide bonds. The maximum absolute atomic E-state index is 12.2. The van der Waals surface area contributed by atoms with E-state index >= 15 is 0 Å². The van der Waals surface area contributed by atoms with E-state index in [2.05, 4.69) is 26.0 Å². The Kier molecular flexibility index (Phi) is 14.9. The molecule has 6 nitrogen and oxygen atoms in total. The molecule has 0 aromatic carbocycles. The number of hydrogen-bond donors (Lipinski definition) is 0. The number of unbranched alkanes of at least 4 members (excludes halogenated alkanes) is 10. The Balaban J connectivity index is 0.00000648. The minimum absolute atomic E-state index is 0. The van der Waals surface area contributed by atoms with Gasteiger partial charge in [0.25, 0.3) is 0 Å². The summed E-state index contributed by atoms with van der Waals surface area (Å²) < 4.78 is 18.2. The maximum Gasteiger partial charge on any atom is 0.305 e. The summed E-state index contributed by atoms with van der Waals surface area (Å²) in [5.74, 6) is 0.140. The Morgan fingerprint density at radius 2 is 1.61 bits per heavy atom. The number of halogens is 1. The van der Waals surface area contributed by atoms with Gasteiger partial charge in [-0.25, -0.2) is 0 Å². The standard InChI is InChI=1S/C29H51N2O4.ClH/c1-7-8-9-10-11-12-13-14-15-16-17-18-27(32)33-20-19-31(5,6)22-25-21-30-24(2)28-26(25)23-34-29(3,4)35-28;/h21H,7-20,22-23H2,1-6H3;1H/q+1;/p-1. The highest BCUT2D eigenvalue weighted by Crippen LogP contribution is 2.35. The average Bonchev–Trinajstić information content (AvgIpc) is 2.78. The molecule has 0 unspecified atom stereocenters. The molecular weight excluding hydrogens is 476 g/mol. The van der Waals surface area contributed by atoms with Crippen molar-refractivity contribution in [2.24, 2.45) is 0 Å². The van der Waals surface area contributed by atoms with Crippen molar-refractivity contribution in [2.75, 3.05) is 27.2 Å². The first kappa shape index (κ1) is 32.7. The molecule has 36 heavy (non-hydrogen) atoms. The van der Waals surface area contributed by atoms with Crippen molar-refractivity contribution in [1.29, 1.82) is 0 Å². The monoisotopic (exact) mass is 526 g/mol. The lowest BCUT2D eigenvalue weighted by Gasteiger charge is -2.35. The van der Waals surface area contributed by atoms with Crippen molar-refractivity contribution in [1.82, 2.24) is 4.98 Å². The number of aromatic nitrogens is 1. The summed E-state index contributed by atoms with van der Waals surface area (Å²) in [7, 11) is 4.30. The van der Waals surface area contributed by atoms with Gasteiger partial charge in [0, 0.05) is 37.6 Å². The predicted octanol–water partition coefficient (Wildman–Crippen LogP) is 3.86. The number of nitrogens with zero attached hydrogens (tertiary/aromatic N) is 2. The van der Waals surface area contributed by atoms with Crippen LogP contribution in [0.4, 0.5) is 0 Å². The Bertz CT molecular complexity index is 783. The first-order valence-corrected chi connectivity index (χ1v) is 13.9. The van der Waals surface area contributed by atoms with E-state index in [1.54, 1.807) is 0 Å². The molecule has 208 valence electrons. The Hall–Kier alpha value is -1.37. The molecule has 0 aliphatic carbocycles. The third kappa shape index (κ3) is 12.2. The second-order valence-electron chi connectivity index (χ2n) is 11.3. The van der Waals surface area contributed by atoms with E-state index in [0.29, 0.717) is 24.1 Å². The predicted molar refractivity (Wildman–Crippen MR) is 141 cm³/mol. The molecule has 0 fully saturated rings. The van der Waals surface area contributed by atoms with Crippen LogP contribution in [0, 0.1) is 6.92 Å². The number of quaternary nitrogens is 1. The summed E-state index contributed by atoms with van der Waals surface area (Å²) in [6.45, 7) is 10.6. The van der Waals surface area contributed by atoms with Gasteiger partial charge in [-0.2, -0.15) is 0 Å². The Morgan fingerprint density at radius 1 is 1.03 bits per heavy atom. The highest BCUT2D eigenvalue weighted by Gasteiger charge is 2.32. The van der Waals surface area contributed by atoms with Crippen LogP contribution in [0.3, 0.4) is 0 Å². The molecule has 1 aliphatic rings. The number of carbonyl (C=O) groups is 1. The van der Waals surface area contributed by atoms with E-state index in [4.69, 9.17) is 14.2 Å². The summed E-state index contributed by atoms with van der Waals surface area (Å²) in [6.07, 6.45) is 16.6. The molecule has 0 radical (unpaired) electrons. The van der Waals surface area contributed by atoms with E-state index in [0.717, 1.165) is 48.5 Å². The lowest BCUT2D eigenvalue weighted by Crippen LogP contribution is -3.00. The fourth-order valence-electron chi connectivity index (χ4n) is 4.58. The Labute approximate surface area is 226 Å². The normalized spacial score (nSPS) is 14.5. The number of carbonyl (C=O) groups excluding carboxylic acids is 1. The molecule has 7 heteroatoms. The van der Waals surface area contributed by atoms with Crippen molar-refractivity contribution in [3.8, 4) is 5.75 Å². The van der Waals surface area contributed by atoms with Gasteiger partial charge in [0.1, 0.15) is 25.4 Å². The molecule has 0 atom stereocenters. The molecule has 2 heterocycles. The first-order valence-electron chi connectivity index (χ1n) is 13.9. The molecule has 1 aromatic heterocycles. The highest BCUT2D eigenvalue weighted by atomic mass is 35.5. The van der Waals surface area contributed by atoms with Gasteiger partial charge in [-0.15, -0.1) is 0 Å². The molecule has 0 N–H and O–H groups in total. The minimum Gasteiger partial charge on any atom is -1.00 e. The smallest absolute Gasteiger partial charge is 0.305 e. The zero-order chi connectivity index (χ0) is 25.7. The summed E-state index contributed by atoms with van der Waals surface area (Å²) in [6, 6.07) is 0. The van der Waals surface area contributed by atoms with Gasteiger partial charge >= 0.3 is 5.97 Å². The van der Waals surface area contributed by atoms with Gasteiger partial charge in [0.15, 0.2) is 0 Å². The van der Waals surface area contributed by atoms with Crippen molar-refractivity contribution in [3.05, 3.63) is 23.0 Å². The fourth-order valence-corrected chi connectivity index (χ4v) is 4.58. The third-order valence-electron chi connectivity index (χ3n) is 6.86. The fraction of sp³-hybridized carbons (Fsp3) is 0.793. The summed E-state index contributed by atoms with van der Waals surface area (Å²) in [5, 5.41) is 0. The lowest BCUT2D eigenvalue weighted by atomic mass is 10.1. The minimum atomic E-state index is -0.634. The van der Waals surface area contributed by atoms with Gasteiger partial charge in [-0.1, -0.05) is 71.1 Å². The number of aryl methyl sites for hydroxylation is 1. The summed E-state index contributed by atoms with van der Waals surface area (Å²) in [4.78, 5) is 16.7. The average molecular weight is 527 g/mol. The molecule has 2 rings (SSSR count). The first-order chi connectivity index (χ1) is 16.6. The molecule has 1 aromatic rings. The second-order valence-corrected chi connectivity index (χ2v) is 11.3. The van der Waals surface area contributed by atoms with Gasteiger partial charge in [0.05, 0.1) is 26.4 Å². The van der Waals surface area contributed by atoms with Crippen LogP contribution >= 0.6 is 0 Å². The number of ether oxygens (including phenoxy) is 3. The van der Waals surface area contributed by atoms with Crippen LogP contribution in [-0.4, -0.2) is 48.5 Å². The van der Waals surface area contributed by atoms with Crippen LogP contribution in [0.15, 0.2) is 6.20 Å². The summed E-state index contributed by atoms with van der Waals surface area (Å²) in [5.41, 5.74) is 3.09. The number of pyridine rings is 1. The molecule has 0 saturated heterocycles. The number of hydrogen-bond acceptors (Lipinski definition) is 5. The van der Waals surface area contributed by atoms with Crippen LogP contribution < -0.4 is 17.1 Å². The molecule has 0 spiro atoms. The number of esters is 1. The quantitative estimate of drug-likeness (QED) is 0.175. The molecule has 1 aliphatic heterocycles. The van der Waals surface area contributed by atoms with Crippen LogP contribution in [0.25, 0.3) is 0 Å². The molecular formula is C29H51ClN2O4. The summed E-state index contributed by atoms with van der Waals surface area (Å²) >= 11 is 0. The van der Waals surface area contributed by atoms with Crippen molar-refractivity contribution in [3.63, 3.8) is 0 Å². The maximum atomic E-state index is 12.2. The molecule has 0 saturated carbocycles. The van der Waals surface area contributed by atoms with E-state index in [1.165, 1.54) is 57.8 Å². The molecule has 0 bridgehead atoms. The topological polar surface area (TPSA) is 57.7 Å². The van der Waals surface area contributed by atoms with E-state index in [9.17, 15) is 4.79 Å². The van der Waals surface area contributed by atoms with E-state index in [-0.39, 0.29) is 18.4 Å². The van der Waals surface area contributed by atoms with Gasteiger partial charge < -0.3 is 31.1 Å². The lowest BCUT2D eigenvalue weighted by molar-refractivity contribution is -0.903. The highest BCUT2D eigenvalue weighted by molar-refractivity contribution is 5.69. The number of likely N-dealkylation sites (N-methyl/N-ethyl adjacent to an activating group) is 1. The van der Waals surface area contributed by atoms with Crippen molar-refractivity contribution in [2.45, 2.75) is 124 Å². The zero-order valence-corrected chi connectivity index (χ0v) is 24.6. The van der Waals surface area contributed by atoms with Gasteiger partial charge in [0.2, 0.25) is 5.79 Å². The van der Waals surface area contributed by atoms with Crippen LogP contribution in [-0.2, 0) is 27.4 Å². The third-order valence-corrected chi connectivity index (χ3v) is 6.86. The van der Waals surface area contributed by atoms with Gasteiger partial charge in [-0.05, 0) is 13.3 Å². The van der Waals surface area contributed by atoms with Crippen molar-refractivity contribution >= 4 is 5.97 Å².